The third kappa shape index (κ3) is 4.16. The molecule has 0 bridgehead atoms. The third-order valence-corrected chi connectivity index (χ3v) is 6.38. The highest BCUT2D eigenvalue weighted by Crippen LogP contribution is 2.33. The van der Waals surface area contributed by atoms with Gasteiger partial charge in [0.2, 0.25) is 0 Å². The Kier molecular flexibility index (Phi) is 5.48. The molecule has 0 heterocycles. The molecule has 1 saturated carbocycles. The van der Waals surface area contributed by atoms with E-state index in [1.54, 1.807) is 12.1 Å². The fraction of sp³-hybridized carbons (Fsp3) is 0.333. The first-order valence-electron chi connectivity index (χ1n) is 8.43. The Morgan fingerprint density at radius 3 is 2.31 bits per heavy atom. The molecule has 1 aliphatic rings. The zero-order valence-electron chi connectivity index (χ0n) is 14.0. The lowest BCUT2D eigenvalue weighted by Gasteiger charge is -2.22. The molecule has 1 fully saturated rings. The van der Waals surface area contributed by atoms with Crippen molar-refractivity contribution in [3.05, 3.63) is 63.2 Å². The summed E-state index contributed by atoms with van der Waals surface area (Å²) in [7, 11) is -3.83. The second-order valence-corrected chi connectivity index (χ2v) is 8.52. The van der Waals surface area contributed by atoms with E-state index >= 15 is 0 Å². The zero-order chi connectivity index (χ0) is 18.7. The number of rotatable bonds is 5. The lowest BCUT2D eigenvalue weighted by atomic mass is 9.84. The van der Waals surface area contributed by atoms with Gasteiger partial charge in [-0.15, -0.1) is 0 Å². The van der Waals surface area contributed by atoms with Crippen LogP contribution in [0.5, 0.6) is 0 Å². The first-order chi connectivity index (χ1) is 12.4. The lowest BCUT2D eigenvalue weighted by molar-refractivity contribution is -0.384. The highest BCUT2D eigenvalue weighted by atomic mass is 35.5. The molecular formula is C18H19ClN2O4S. The number of hydrogen-bond acceptors (Lipinski definition) is 4. The molecule has 138 valence electrons. The summed E-state index contributed by atoms with van der Waals surface area (Å²) in [6, 6.07) is 10.7. The minimum absolute atomic E-state index is 0.0465. The van der Waals surface area contributed by atoms with Crippen molar-refractivity contribution in [3.8, 4) is 0 Å². The molecule has 0 aromatic heterocycles. The quantitative estimate of drug-likeness (QED) is 0.564. The molecule has 0 unspecified atom stereocenters. The normalized spacial score (nSPS) is 15.6. The van der Waals surface area contributed by atoms with Crippen molar-refractivity contribution in [3.63, 3.8) is 0 Å². The lowest BCUT2D eigenvalue weighted by Crippen LogP contribution is -2.13. The van der Waals surface area contributed by atoms with E-state index in [-0.39, 0.29) is 21.3 Å². The van der Waals surface area contributed by atoms with E-state index in [0.717, 1.165) is 24.5 Å². The molecule has 3 rings (SSSR count). The van der Waals surface area contributed by atoms with Crippen molar-refractivity contribution in [2.45, 2.75) is 42.9 Å². The van der Waals surface area contributed by atoms with E-state index < -0.39 is 14.9 Å². The zero-order valence-corrected chi connectivity index (χ0v) is 15.6. The molecule has 0 spiro atoms. The summed E-state index contributed by atoms with van der Waals surface area (Å²) < 4.78 is 27.4. The van der Waals surface area contributed by atoms with Crippen molar-refractivity contribution in [1.29, 1.82) is 0 Å². The predicted molar refractivity (Wildman–Crippen MR) is 101 cm³/mol. The summed E-state index contributed by atoms with van der Waals surface area (Å²) in [5.74, 6) is 0.493. The van der Waals surface area contributed by atoms with Crippen molar-refractivity contribution < 1.29 is 13.3 Å². The Balaban J connectivity index is 1.80. The van der Waals surface area contributed by atoms with Gasteiger partial charge in [0.1, 0.15) is 5.02 Å². The van der Waals surface area contributed by atoms with Crippen LogP contribution in [0.2, 0.25) is 5.02 Å². The van der Waals surface area contributed by atoms with E-state index in [1.165, 1.54) is 31.4 Å². The molecule has 0 amide bonds. The van der Waals surface area contributed by atoms with Gasteiger partial charge in [0.05, 0.1) is 15.5 Å². The van der Waals surface area contributed by atoms with Crippen LogP contribution in [0.15, 0.2) is 47.4 Å². The minimum Gasteiger partial charge on any atom is -0.279 e. The van der Waals surface area contributed by atoms with Gasteiger partial charge in [-0.05, 0) is 48.6 Å². The van der Waals surface area contributed by atoms with E-state index in [9.17, 15) is 18.5 Å². The average molecular weight is 395 g/mol. The van der Waals surface area contributed by atoms with Crippen molar-refractivity contribution in [1.82, 2.24) is 0 Å². The molecule has 0 radical (unpaired) electrons. The topological polar surface area (TPSA) is 89.3 Å². The monoisotopic (exact) mass is 394 g/mol. The Bertz CT molecular complexity index is 907. The van der Waals surface area contributed by atoms with Crippen LogP contribution in [0.25, 0.3) is 0 Å². The number of nitro groups is 1. The van der Waals surface area contributed by atoms with Gasteiger partial charge >= 0.3 is 0 Å². The molecule has 1 N–H and O–H groups in total. The summed E-state index contributed by atoms with van der Waals surface area (Å²) in [4.78, 5) is 10.4. The SMILES string of the molecule is O=[N+]([O-])c1cc(NS(=O)(=O)c2ccc(C3CCCCC3)cc2)ccc1Cl. The Labute approximate surface area is 157 Å². The van der Waals surface area contributed by atoms with Crippen molar-refractivity contribution in [2.75, 3.05) is 4.72 Å². The summed E-state index contributed by atoms with van der Waals surface area (Å²) in [5.41, 5.74) is 0.905. The van der Waals surface area contributed by atoms with E-state index in [1.807, 2.05) is 12.1 Å². The summed E-state index contributed by atoms with van der Waals surface area (Å²) in [6.45, 7) is 0. The minimum atomic E-state index is -3.83. The number of nitro benzene ring substituents is 1. The highest BCUT2D eigenvalue weighted by Gasteiger charge is 2.20. The van der Waals surface area contributed by atoms with Crippen LogP contribution in [0.3, 0.4) is 0 Å². The molecule has 2 aromatic carbocycles. The first kappa shape index (κ1) is 18.7. The summed E-state index contributed by atoms with van der Waals surface area (Å²) in [5, 5.41) is 10.9. The molecule has 6 nitrogen and oxygen atoms in total. The molecule has 2 aromatic rings. The molecular weight excluding hydrogens is 376 g/mol. The second kappa shape index (κ2) is 7.63. The highest BCUT2D eigenvalue weighted by molar-refractivity contribution is 7.92. The number of sulfonamides is 1. The molecule has 0 aliphatic heterocycles. The first-order valence-corrected chi connectivity index (χ1v) is 10.3. The Morgan fingerprint density at radius 2 is 1.69 bits per heavy atom. The number of benzene rings is 2. The van der Waals surface area contributed by atoms with E-state index in [4.69, 9.17) is 11.6 Å². The van der Waals surface area contributed by atoms with Crippen LogP contribution in [-0.4, -0.2) is 13.3 Å². The molecule has 26 heavy (non-hydrogen) atoms. The van der Waals surface area contributed by atoms with Gasteiger partial charge in [-0.1, -0.05) is 43.0 Å². The van der Waals surface area contributed by atoms with E-state index in [0.29, 0.717) is 5.92 Å². The largest absolute Gasteiger partial charge is 0.289 e. The number of hydrogen-bond donors (Lipinski definition) is 1. The number of halogens is 1. The van der Waals surface area contributed by atoms with Gasteiger partial charge in [-0.2, -0.15) is 0 Å². The number of anilines is 1. The predicted octanol–water partition coefficient (Wildman–Crippen LogP) is 5.10. The van der Waals surface area contributed by atoms with Crippen LogP contribution in [0.1, 0.15) is 43.6 Å². The van der Waals surface area contributed by atoms with Gasteiger partial charge < -0.3 is 0 Å². The van der Waals surface area contributed by atoms with Crippen LogP contribution in [0.4, 0.5) is 11.4 Å². The third-order valence-electron chi connectivity index (χ3n) is 4.66. The second-order valence-electron chi connectivity index (χ2n) is 6.43. The van der Waals surface area contributed by atoms with Crippen LogP contribution in [-0.2, 0) is 10.0 Å². The van der Waals surface area contributed by atoms with Crippen LogP contribution in [0, 0.1) is 10.1 Å². The fourth-order valence-corrected chi connectivity index (χ4v) is 4.52. The molecule has 0 saturated heterocycles. The Morgan fingerprint density at radius 1 is 1.04 bits per heavy atom. The fourth-order valence-electron chi connectivity index (χ4n) is 3.29. The van der Waals surface area contributed by atoms with Gasteiger partial charge in [-0.25, -0.2) is 8.42 Å². The number of nitrogens with zero attached hydrogens (tertiary/aromatic N) is 1. The van der Waals surface area contributed by atoms with Crippen molar-refractivity contribution in [2.24, 2.45) is 0 Å². The van der Waals surface area contributed by atoms with Gasteiger partial charge in [0.15, 0.2) is 0 Å². The van der Waals surface area contributed by atoms with Crippen LogP contribution >= 0.6 is 11.6 Å². The molecule has 0 atom stereocenters. The average Bonchev–Trinajstić information content (AvgIpc) is 2.64. The molecule has 1 aliphatic carbocycles. The maximum atomic E-state index is 12.5. The molecule has 8 heteroatoms. The van der Waals surface area contributed by atoms with Crippen LogP contribution < -0.4 is 4.72 Å². The maximum Gasteiger partial charge on any atom is 0.289 e. The van der Waals surface area contributed by atoms with Gasteiger partial charge in [-0.3, -0.25) is 14.8 Å². The maximum absolute atomic E-state index is 12.5. The van der Waals surface area contributed by atoms with Crippen molar-refractivity contribution >= 4 is 33.0 Å². The Hall–Kier alpha value is -2.12. The van der Waals surface area contributed by atoms with Gasteiger partial charge in [0, 0.05) is 6.07 Å². The summed E-state index contributed by atoms with van der Waals surface area (Å²) in [6.07, 6.45) is 5.96. The summed E-state index contributed by atoms with van der Waals surface area (Å²) >= 11 is 5.75. The standard InChI is InChI=1S/C18H19ClN2O4S/c19-17-11-8-15(12-18(17)21(22)23)20-26(24,25)16-9-6-14(7-10-16)13-4-2-1-3-5-13/h6-13,20H,1-5H2. The number of nitrogens with one attached hydrogen (secondary N) is 1. The van der Waals surface area contributed by atoms with E-state index in [2.05, 4.69) is 4.72 Å². The van der Waals surface area contributed by atoms with Gasteiger partial charge in [0.25, 0.3) is 15.7 Å². The smallest absolute Gasteiger partial charge is 0.279 e.